The van der Waals surface area contributed by atoms with Crippen LogP contribution in [-0.4, -0.2) is 55.8 Å². The maximum Gasteiger partial charge on any atom is 0.243 e. The largest absolute Gasteiger partial charge is 0.325 e. The van der Waals surface area contributed by atoms with Crippen LogP contribution in [0.1, 0.15) is 51.9 Å². The molecule has 0 aliphatic carbocycles. The van der Waals surface area contributed by atoms with E-state index in [0.29, 0.717) is 18.8 Å². The van der Waals surface area contributed by atoms with Crippen molar-refractivity contribution in [1.82, 2.24) is 9.21 Å². The third-order valence-electron chi connectivity index (χ3n) is 5.62. The minimum absolute atomic E-state index is 0.0792. The van der Waals surface area contributed by atoms with Crippen LogP contribution in [-0.2, 0) is 14.8 Å². The van der Waals surface area contributed by atoms with E-state index in [4.69, 9.17) is 0 Å². The van der Waals surface area contributed by atoms with Crippen LogP contribution in [0.25, 0.3) is 0 Å². The number of nitrogens with zero attached hydrogens (tertiary/aromatic N) is 2. The highest BCUT2D eigenvalue weighted by Crippen LogP contribution is 2.23. The Bertz CT molecular complexity index is 737. The van der Waals surface area contributed by atoms with Gasteiger partial charge < -0.3 is 5.32 Å². The summed E-state index contributed by atoms with van der Waals surface area (Å²) in [5, 5.41) is 2.91. The molecule has 2 heterocycles. The zero-order valence-electron chi connectivity index (χ0n) is 16.2. The maximum atomic E-state index is 12.8. The lowest BCUT2D eigenvalue weighted by Gasteiger charge is -2.27. The lowest BCUT2D eigenvalue weighted by molar-refractivity contribution is -0.120. The van der Waals surface area contributed by atoms with Crippen LogP contribution in [0.3, 0.4) is 0 Å². The summed E-state index contributed by atoms with van der Waals surface area (Å²) in [4.78, 5) is 15.1. The van der Waals surface area contributed by atoms with Crippen LogP contribution < -0.4 is 5.32 Å². The molecule has 0 saturated carbocycles. The van der Waals surface area contributed by atoms with Gasteiger partial charge >= 0.3 is 0 Å². The van der Waals surface area contributed by atoms with E-state index in [0.717, 1.165) is 45.2 Å². The number of benzene rings is 1. The number of sulfonamides is 1. The van der Waals surface area contributed by atoms with Gasteiger partial charge in [-0.3, -0.25) is 9.69 Å². The monoisotopic (exact) mass is 393 g/mol. The summed E-state index contributed by atoms with van der Waals surface area (Å²) in [6.07, 6.45) is 7.59. The minimum atomic E-state index is -3.49. The first-order chi connectivity index (χ1) is 13.0. The Labute approximate surface area is 163 Å². The predicted molar refractivity (Wildman–Crippen MR) is 107 cm³/mol. The molecule has 3 rings (SSSR count). The predicted octanol–water partition coefficient (Wildman–Crippen LogP) is 3.06. The lowest BCUT2D eigenvalue weighted by Crippen LogP contribution is -2.42. The van der Waals surface area contributed by atoms with Crippen LogP contribution in [0.4, 0.5) is 5.69 Å². The van der Waals surface area contributed by atoms with Crippen LogP contribution in [0.2, 0.25) is 0 Å². The molecular weight excluding hydrogens is 362 g/mol. The van der Waals surface area contributed by atoms with E-state index >= 15 is 0 Å². The molecule has 27 heavy (non-hydrogen) atoms. The summed E-state index contributed by atoms with van der Waals surface area (Å²) in [5.41, 5.74) is 0.541. The van der Waals surface area contributed by atoms with Crippen molar-refractivity contribution in [3.05, 3.63) is 24.3 Å². The first-order valence-electron chi connectivity index (χ1n) is 10.1. The number of piperidine rings is 1. The molecule has 1 amide bonds. The second kappa shape index (κ2) is 9.17. The average Bonchev–Trinajstić information content (AvgIpc) is 2.98. The average molecular weight is 394 g/mol. The zero-order valence-corrected chi connectivity index (χ0v) is 17.0. The van der Waals surface area contributed by atoms with Crippen molar-refractivity contribution in [3.63, 3.8) is 0 Å². The summed E-state index contributed by atoms with van der Waals surface area (Å²) >= 11 is 0. The van der Waals surface area contributed by atoms with Crippen LogP contribution >= 0.6 is 0 Å². The van der Waals surface area contributed by atoms with Gasteiger partial charge in [0.1, 0.15) is 0 Å². The SMILES string of the molecule is CC(C(=O)Nc1cccc(S(=O)(=O)N2CCCCC2)c1)N1CCCCCC1. The lowest BCUT2D eigenvalue weighted by atomic mass is 10.2. The molecule has 1 atom stereocenters. The molecule has 7 heteroatoms. The molecule has 2 saturated heterocycles. The number of amides is 1. The number of hydrogen-bond donors (Lipinski definition) is 1. The molecule has 2 aliphatic heterocycles. The van der Waals surface area contributed by atoms with Crippen molar-refractivity contribution in [2.24, 2.45) is 0 Å². The molecule has 0 aromatic heterocycles. The number of anilines is 1. The van der Waals surface area contributed by atoms with E-state index in [1.807, 2.05) is 6.92 Å². The summed E-state index contributed by atoms with van der Waals surface area (Å²) < 4.78 is 27.3. The summed E-state index contributed by atoms with van der Waals surface area (Å²) in [6, 6.07) is 6.42. The summed E-state index contributed by atoms with van der Waals surface area (Å²) in [6.45, 7) is 4.96. The number of nitrogens with one attached hydrogen (secondary N) is 1. The van der Waals surface area contributed by atoms with Gasteiger partial charge in [0.05, 0.1) is 10.9 Å². The van der Waals surface area contributed by atoms with E-state index in [1.165, 1.54) is 12.8 Å². The molecule has 1 N–H and O–H groups in total. The van der Waals surface area contributed by atoms with Crippen LogP contribution in [0.5, 0.6) is 0 Å². The highest BCUT2D eigenvalue weighted by Gasteiger charge is 2.27. The zero-order chi connectivity index (χ0) is 19.3. The van der Waals surface area contributed by atoms with E-state index in [2.05, 4.69) is 10.2 Å². The highest BCUT2D eigenvalue weighted by atomic mass is 32.2. The van der Waals surface area contributed by atoms with Gasteiger partial charge in [-0.2, -0.15) is 4.31 Å². The first-order valence-corrected chi connectivity index (χ1v) is 11.6. The normalized spacial score (nSPS) is 21.4. The van der Waals surface area contributed by atoms with Crippen molar-refractivity contribution < 1.29 is 13.2 Å². The van der Waals surface area contributed by atoms with Gasteiger partial charge in [-0.15, -0.1) is 0 Å². The Morgan fingerprint density at radius 2 is 1.56 bits per heavy atom. The fraction of sp³-hybridized carbons (Fsp3) is 0.650. The Kier molecular flexibility index (Phi) is 6.89. The van der Waals surface area contributed by atoms with Crippen molar-refractivity contribution in [2.75, 3.05) is 31.5 Å². The highest BCUT2D eigenvalue weighted by molar-refractivity contribution is 7.89. The minimum Gasteiger partial charge on any atom is -0.325 e. The number of hydrogen-bond acceptors (Lipinski definition) is 4. The second-order valence-electron chi connectivity index (χ2n) is 7.61. The Hall–Kier alpha value is -1.44. The maximum absolute atomic E-state index is 12.8. The van der Waals surface area contributed by atoms with Gasteiger partial charge in [0.25, 0.3) is 0 Å². The number of carbonyl (C=O) groups is 1. The molecule has 0 radical (unpaired) electrons. The van der Waals surface area contributed by atoms with Crippen molar-refractivity contribution in [1.29, 1.82) is 0 Å². The number of likely N-dealkylation sites (tertiary alicyclic amines) is 1. The number of rotatable bonds is 5. The molecule has 6 nitrogen and oxygen atoms in total. The third kappa shape index (κ3) is 5.09. The Balaban J connectivity index is 1.68. The topological polar surface area (TPSA) is 69.7 Å². The third-order valence-corrected chi connectivity index (χ3v) is 7.52. The molecular formula is C20H31N3O3S. The number of carbonyl (C=O) groups excluding carboxylic acids is 1. The first kappa shape index (κ1) is 20.3. The van der Waals surface area contributed by atoms with E-state index in [-0.39, 0.29) is 16.8 Å². The van der Waals surface area contributed by atoms with Gasteiger partial charge in [0, 0.05) is 18.8 Å². The smallest absolute Gasteiger partial charge is 0.243 e. The second-order valence-corrected chi connectivity index (χ2v) is 9.55. The Morgan fingerprint density at radius 1 is 0.963 bits per heavy atom. The molecule has 1 aromatic carbocycles. The van der Waals surface area contributed by atoms with Crippen LogP contribution in [0, 0.1) is 0 Å². The van der Waals surface area contributed by atoms with Gasteiger partial charge in [-0.25, -0.2) is 8.42 Å². The standard InChI is InChI=1S/C20H31N3O3S/c1-17(22-12-5-2-3-6-13-22)20(24)21-18-10-9-11-19(16-18)27(25,26)23-14-7-4-8-15-23/h9-11,16-17H,2-8,12-15H2,1H3,(H,21,24). The van der Waals surface area contributed by atoms with Gasteiger partial charge in [-0.05, 0) is 63.9 Å². The van der Waals surface area contributed by atoms with Crippen molar-refractivity contribution >= 4 is 21.6 Å². The fourth-order valence-electron chi connectivity index (χ4n) is 3.88. The van der Waals surface area contributed by atoms with E-state index in [9.17, 15) is 13.2 Å². The van der Waals surface area contributed by atoms with Gasteiger partial charge in [0.15, 0.2) is 0 Å². The molecule has 2 aliphatic rings. The van der Waals surface area contributed by atoms with Gasteiger partial charge in [0.2, 0.25) is 15.9 Å². The van der Waals surface area contributed by atoms with Crippen LogP contribution in [0.15, 0.2) is 29.2 Å². The van der Waals surface area contributed by atoms with Crippen molar-refractivity contribution in [3.8, 4) is 0 Å². The van der Waals surface area contributed by atoms with Gasteiger partial charge in [-0.1, -0.05) is 25.3 Å². The van der Waals surface area contributed by atoms with Crippen molar-refractivity contribution in [2.45, 2.75) is 62.8 Å². The molecule has 0 bridgehead atoms. The summed E-state index contributed by atoms with van der Waals surface area (Å²) in [7, 11) is -3.49. The van der Waals surface area contributed by atoms with E-state index in [1.54, 1.807) is 28.6 Å². The fourth-order valence-corrected chi connectivity index (χ4v) is 5.45. The van der Waals surface area contributed by atoms with E-state index < -0.39 is 10.0 Å². The molecule has 1 aromatic rings. The molecule has 1 unspecified atom stereocenters. The molecule has 2 fully saturated rings. The quantitative estimate of drug-likeness (QED) is 0.835. The molecule has 150 valence electrons. The summed E-state index contributed by atoms with van der Waals surface area (Å²) in [5.74, 6) is -0.0792. The molecule has 0 spiro atoms. The Morgan fingerprint density at radius 3 is 2.22 bits per heavy atom.